The van der Waals surface area contributed by atoms with Crippen LogP contribution in [0.15, 0.2) is 36.4 Å². The molecule has 5 N–H and O–H groups in total. The molecule has 2 aromatic carbocycles. The molecule has 0 aliphatic heterocycles. The molecule has 1 heterocycles. The van der Waals surface area contributed by atoms with Crippen molar-refractivity contribution in [2.45, 2.75) is 13.5 Å². The third-order valence-electron chi connectivity index (χ3n) is 3.41. The molecule has 0 saturated heterocycles. The van der Waals surface area contributed by atoms with E-state index in [1.54, 1.807) is 36.4 Å². The van der Waals surface area contributed by atoms with Gasteiger partial charge in [0.25, 0.3) is 0 Å². The van der Waals surface area contributed by atoms with Gasteiger partial charge in [0.05, 0.1) is 0 Å². The second-order valence-electron chi connectivity index (χ2n) is 5.16. The summed E-state index contributed by atoms with van der Waals surface area (Å²) >= 11 is 6.28. The van der Waals surface area contributed by atoms with Gasteiger partial charge in [-0.25, -0.2) is 5.10 Å². The van der Waals surface area contributed by atoms with Crippen LogP contribution in [0.2, 0.25) is 5.02 Å². The molecule has 8 heteroatoms. The van der Waals surface area contributed by atoms with Crippen LogP contribution < -0.4 is 15.8 Å². The first-order valence-corrected chi connectivity index (χ1v) is 7.57. The Hall–Kier alpha value is -2.93. The molecule has 0 unspecified atom stereocenters. The molecule has 3 aromatic rings. The van der Waals surface area contributed by atoms with Gasteiger partial charge in [-0.2, -0.15) is 4.98 Å². The first kappa shape index (κ1) is 15.9. The van der Waals surface area contributed by atoms with Crippen LogP contribution in [-0.4, -0.2) is 20.3 Å². The molecule has 0 fully saturated rings. The quantitative estimate of drug-likeness (QED) is 0.564. The number of aromatic amines is 1. The number of anilines is 2. The Bertz CT molecular complexity index is 865. The number of aromatic hydroxyl groups is 1. The number of nitrogens with one attached hydrogen (secondary N) is 2. The summed E-state index contributed by atoms with van der Waals surface area (Å²) in [5.74, 6) is 1.85. The lowest BCUT2D eigenvalue weighted by molar-refractivity contribution is 0.450. The van der Waals surface area contributed by atoms with Gasteiger partial charge in [-0.05, 0) is 30.7 Å². The summed E-state index contributed by atoms with van der Waals surface area (Å²) in [4.78, 5) is 3.97. The number of hydrogen-bond acceptors (Lipinski definition) is 6. The van der Waals surface area contributed by atoms with Gasteiger partial charge in [-0.1, -0.05) is 23.7 Å². The summed E-state index contributed by atoms with van der Waals surface area (Å²) < 4.78 is 5.86. The highest BCUT2D eigenvalue weighted by Crippen LogP contribution is 2.32. The lowest BCUT2D eigenvalue weighted by Crippen LogP contribution is -2.04. The zero-order valence-electron chi connectivity index (χ0n) is 12.9. The standard InChI is InChI=1S/C16H16ClN5O2/c1-9-5-6-10(7-13(9)23)24-14-4-2-3-12(17)11(14)8-19-16-20-15(18)21-22-16/h2-7,23H,8H2,1H3,(H4,18,19,20,21,22). The van der Waals surface area contributed by atoms with Gasteiger partial charge in [-0.3, -0.25) is 0 Å². The second-order valence-corrected chi connectivity index (χ2v) is 5.57. The Kier molecular flexibility index (Phi) is 4.43. The normalized spacial score (nSPS) is 10.6. The van der Waals surface area contributed by atoms with Gasteiger partial charge < -0.3 is 20.9 Å². The van der Waals surface area contributed by atoms with E-state index < -0.39 is 0 Å². The molecule has 0 bridgehead atoms. The largest absolute Gasteiger partial charge is 0.508 e. The fraction of sp³-hybridized carbons (Fsp3) is 0.125. The first-order valence-electron chi connectivity index (χ1n) is 7.19. The minimum atomic E-state index is 0.172. The van der Waals surface area contributed by atoms with Gasteiger partial charge in [0.1, 0.15) is 17.2 Å². The van der Waals surface area contributed by atoms with Crippen molar-refractivity contribution in [3.8, 4) is 17.2 Å². The minimum Gasteiger partial charge on any atom is -0.508 e. The molecule has 0 radical (unpaired) electrons. The SMILES string of the molecule is Cc1ccc(Oc2cccc(Cl)c2CNc2n[nH]c(N)n2)cc1O. The van der Waals surface area contributed by atoms with Gasteiger partial charge >= 0.3 is 0 Å². The number of rotatable bonds is 5. The average molecular weight is 346 g/mol. The Balaban J connectivity index is 1.82. The number of nitrogen functional groups attached to an aromatic ring is 1. The summed E-state index contributed by atoms with van der Waals surface area (Å²) in [6, 6.07) is 10.5. The topological polar surface area (TPSA) is 109 Å². The molecule has 3 rings (SSSR count). The molecule has 0 aliphatic rings. The van der Waals surface area contributed by atoms with Crippen molar-refractivity contribution in [2.75, 3.05) is 11.1 Å². The number of hydrogen-bond donors (Lipinski definition) is 4. The lowest BCUT2D eigenvalue weighted by atomic mass is 10.2. The number of benzene rings is 2. The van der Waals surface area contributed by atoms with E-state index >= 15 is 0 Å². The van der Waals surface area contributed by atoms with Crippen molar-refractivity contribution in [2.24, 2.45) is 0 Å². The van der Waals surface area contributed by atoms with Gasteiger partial charge in [0.2, 0.25) is 11.9 Å². The van der Waals surface area contributed by atoms with E-state index in [4.69, 9.17) is 22.1 Å². The van der Waals surface area contributed by atoms with E-state index in [0.29, 0.717) is 29.0 Å². The maximum absolute atomic E-state index is 9.81. The summed E-state index contributed by atoms with van der Waals surface area (Å²) in [7, 11) is 0. The average Bonchev–Trinajstić information content (AvgIpc) is 2.96. The number of nitrogens with zero attached hydrogens (tertiary/aromatic N) is 2. The van der Waals surface area contributed by atoms with Crippen LogP contribution >= 0.6 is 11.6 Å². The molecule has 0 spiro atoms. The monoisotopic (exact) mass is 345 g/mol. The molecule has 1 aromatic heterocycles. The van der Waals surface area contributed by atoms with E-state index in [-0.39, 0.29) is 11.7 Å². The Morgan fingerprint density at radius 2 is 2.17 bits per heavy atom. The van der Waals surface area contributed by atoms with E-state index in [1.165, 1.54) is 0 Å². The summed E-state index contributed by atoms with van der Waals surface area (Å²) in [6.45, 7) is 2.17. The third-order valence-corrected chi connectivity index (χ3v) is 3.76. The second kappa shape index (κ2) is 6.67. The maximum Gasteiger partial charge on any atom is 0.243 e. The van der Waals surface area contributed by atoms with Gasteiger partial charge in [-0.15, -0.1) is 5.10 Å². The highest BCUT2D eigenvalue weighted by atomic mass is 35.5. The Morgan fingerprint density at radius 1 is 1.33 bits per heavy atom. The molecular weight excluding hydrogens is 330 g/mol. The highest BCUT2D eigenvalue weighted by Gasteiger charge is 2.11. The molecule has 0 amide bonds. The van der Waals surface area contributed by atoms with Crippen molar-refractivity contribution in [1.82, 2.24) is 15.2 Å². The lowest BCUT2D eigenvalue weighted by Gasteiger charge is -2.13. The summed E-state index contributed by atoms with van der Waals surface area (Å²) in [6.07, 6.45) is 0. The van der Waals surface area contributed by atoms with Gasteiger partial charge in [0.15, 0.2) is 0 Å². The van der Waals surface area contributed by atoms with E-state index in [0.717, 1.165) is 11.1 Å². The van der Waals surface area contributed by atoms with Crippen LogP contribution in [0.25, 0.3) is 0 Å². The van der Waals surface area contributed by atoms with E-state index in [1.807, 2.05) is 6.92 Å². The zero-order chi connectivity index (χ0) is 17.1. The van der Waals surface area contributed by atoms with Crippen LogP contribution in [-0.2, 0) is 6.54 Å². The van der Waals surface area contributed by atoms with Crippen molar-refractivity contribution < 1.29 is 9.84 Å². The van der Waals surface area contributed by atoms with Crippen LogP contribution in [0.4, 0.5) is 11.9 Å². The fourth-order valence-electron chi connectivity index (χ4n) is 2.11. The van der Waals surface area contributed by atoms with Crippen LogP contribution in [0.3, 0.4) is 0 Å². The van der Waals surface area contributed by atoms with Crippen molar-refractivity contribution >= 4 is 23.5 Å². The predicted molar refractivity (Wildman–Crippen MR) is 92.5 cm³/mol. The maximum atomic E-state index is 9.81. The van der Waals surface area contributed by atoms with Crippen LogP contribution in [0, 0.1) is 6.92 Å². The Morgan fingerprint density at radius 3 is 2.88 bits per heavy atom. The van der Waals surface area contributed by atoms with E-state index in [2.05, 4.69) is 20.5 Å². The first-order chi connectivity index (χ1) is 11.5. The number of ether oxygens (including phenoxy) is 1. The molecule has 0 atom stereocenters. The number of aryl methyl sites for hydroxylation is 1. The number of nitrogens with two attached hydrogens (primary N) is 1. The molecule has 124 valence electrons. The van der Waals surface area contributed by atoms with E-state index in [9.17, 15) is 5.11 Å². The number of phenolic OH excluding ortho intramolecular Hbond substituents is 1. The summed E-state index contributed by atoms with van der Waals surface area (Å²) in [5.41, 5.74) is 7.01. The number of aromatic nitrogens is 3. The van der Waals surface area contributed by atoms with Gasteiger partial charge in [0, 0.05) is 23.2 Å². The minimum absolute atomic E-state index is 0.172. The highest BCUT2D eigenvalue weighted by molar-refractivity contribution is 6.31. The number of phenols is 1. The van der Waals surface area contributed by atoms with Crippen LogP contribution in [0.5, 0.6) is 17.2 Å². The summed E-state index contributed by atoms with van der Waals surface area (Å²) in [5, 5.41) is 19.8. The van der Waals surface area contributed by atoms with Crippen molar-refractivity contribution in [1.29, 1.82) is 0 Å². The molecular formula is C16H16ClN5O2. The van der Waals surface area contributed by atoms with Crippen LogP contribution in [0.1, 0.15) is 11.1 Å². The molecule has 24 heavy (non-hydrogen) atoms. The fourth-order valence-corrected chi connectivity index (χ4v) is 2.34. The smallest absolute Gasteiger partial charge is 0.243 e. The molecule has 7 nitrogen and oxygen atoms in total. The number of halogens is 1. The number of H-pyrrole nitrogens is 1. The molecule has 0 saturated carbocycles. The Labute approximate surface area is 143 Å². The molecule has 0 aliphatic carbocycles. The third kappa shape index (κ3) is 3.52. The van der Waals surface area contributed by atoms with Crippen molar-refractivity contribution in [3.05, 3.63) is 52.5 Å². The zero-order valence-corrected chi connectivity index (χ0v) is 13.6. The predicted octanol–water partition coefficient (Wildman–Crippen LogP) is 3.46. The van der Waals surface area contributed by atoms with Crippen molar-refractivity contribution in [3.63, 3.8) is 0 Å².